The van der Waals surface area contributed by atoms with Crippen LogP contribution in [0.3, 0.4) is 0 Å². The van der Waals surface area contributed by atoms with Gasteiger partial charge in [-0.3, -0.25) is 9.59 Å². The monoisotopic (exact) mass is 370 g/mol. The van der Waals surface area contributed by atoms with Crippen LogP contribution in [0.15, 0.2) is 30.3 Å². The fraction of sp³-hybridized carbons (Fsp3) is 0.556. The first-order chi connectivity index (χ1) is 11.6. The second kappa shape index (κ2) is 11.1. The van der Waals surface area contributed by atoms with Crippen LogP contribution in [-0.4, -0.2) is 43.8 Å². The number of carbonyl (C=O) groups is 2. The molecular formula is C18H27ClN2O4. The van der Waals surface area contributed by atoms with Gasteiger partial charge in [-0.1, -0.05) is 30.3 Å². The highest BCUT2D eigenvalue weighted by atomic mass is 35.5. The van der Waals surface area contributed by atoms with Gasteiger partial charge in [0, 0.05) is 13.1 Å². The van der Waals surface area contributed by atoms with Gasteiger partial charge in [0.15, 0.2) is 0 Å². The molecule has 1 amide bonds. The van der Waals surface area contributed by atoms with Crippen molar-refractivity contribution in [1.29, 1.82) is 0 Å². The molecule has 0 aliphatic carbocycles. The van der Waals surface area contributed by atoms with Gasteiger partial charge in [-0.2, -0.15) is 0 Å². The molecule has 25 heavy (non-hydrogen) atoms. The predicted octanol–water partition coefficient (Wildman–Crippen LogP) is 1.45. The number of halogens is 1. The number of hydrogen-bond donors (Lipinski definition) is 2. The minimum atomic E-state index is -0.474. The van der Waals surface area contributed by atoms with Gasteiger partial charge in [-0.15, -0.1) is 12.4 Å². The van der Waals surface area contributed by atoms with Gasteiger partial charge < -0.3 is 20.5 Å². The van der Waals surface area contributed by atoms with E-state index >= 15 is 0 Å². The van der Waals surface area contributed by atoms with Gasteiger partial charge in [-0.05, 0) is 31.7 Å². The summed E-state index contributed by atoms with van der Waals surface area (Å²) in [7, 11) is 0. The number of ether oxygens (including phenoxy) is 2. The number of hydrogen-bond acceptors (Lipinski definition) is 5. The predicted molar refractivity (Wildman–Crippen MR) is 97.5 cm³/mol. The van der Waals surface area contributed by atoms with Crippen molar-refractivity contribution in [1.82, 2.24) is 5.32 Å². The highest BCUT2D eigenvalue weighted by Crippen LogP contribution is 2.19. The summed E-state index contributed by atoms with van der Waals surface area (Å²) in [5.41, 5.74) is 6.59. The Morgan fingerprint density at radius 3 is 2.64 bits per heavy atom. The zero-order valence-electron chi connectivity index (χ0n) is 14.5. The van der Waals surface area contributed by atoms with Crippen molar-refractivity contribution in [2.75, 3.05) is 19.7 Å². The minimum Gasteiger partial charge on any atom is -0.466 e. The van der Waals surface area contributed by atoms with Crippen LogP contribution in [-0.2, 0) is 25.5 Å². The lowest BCUT2D eigenvalue weighted by atomic mass is 9.99. The minimum absolute atomic E-state index is 0. The summed E-state index contributed by atoms with van der Waals surface area (Å²) in [6.45, 7) is 2.75. The van der Waals surface area contributed by atoms with Crippen LogP contribution in [0, 0.1) is 5.92 Å². The lowest BCUT2D eigenvalue weighted by molar-refractivity contribution is -0.148. The van der Waals surface area contributed by atoms with Crippen LogP contribution in [0.4, 0.5) is 0 Å². The molecule has 1 aromatic carbocycles. The molecule has 1 aliphatic rings. The summed E-state index contributed by atoms with van der Waals surface area (Å²) in [4.78, 5) is 24.4. The van der Waals surface area contributed by atoms with Gasteiger partial charge in [0.1, 0.15) is 6.10 Å². The smallest absolute Gasteiger partial charge is 0.311 e. The van der Waals surface area contributed by atoms with Crippen LogP contribution in [0.2, 0.25) is 0 Å². The van der Waals surface area contributed by atoms with E-state index in [1.54, 1.807) is 6.92 Å². The van der Waals surface area contributed by atoms with Crippen LogP contribution >= 0.6 is 12.4 Å². The Labute approximate surface area is 154 Å². The fourth-order valence-corrected chi connectivity index (χ4v) is 2.81. The maximum absolute atomic E-state index is 12.2. The molecule has 7 heteroatoms. The van der Waals surface area contributed by atoms with E-state index in [0.717, 1.165) is 12.0 Å². The molecule has 6 nitrogen and oxygen atoms in total. The zero-order valence-corrected chi connectivity index (χ0v) is 15.3. The Bertz CT molecular complexity index is 541. The molecule has 3 atom stereocenters. The van der Waals surface area contributed by atoms with Crippen LogP contribution < -0.4 is 11.1 Å². The largest absolute Gasteiger partial charge is 0.466 e. The number of benzene rings is 1. The van der Waals surface area contributed by atoms with Crippen LogP contribution in [0.5, 0.6) is 0 Å². The quantitative estimate of drug-likeness (QED) is 0.676. The number of nitrogens with one attached hydrogen (secondary N) is 1. The summed E-state index contributed by atoms with van der Waals surface area (Å²) >= 11 is 0. The van der Waals surface area contributed by atoms with E-state index in [2.05, 4.69) is 5.32 Å². The average Bonchev–Trinajstić information content (AvgIpc) is 3.08. The van der Waals surface area contributed by atoms with E-state index in [1.807, 2.05) is 30.3 Å². The average molecular weight is 371 g/mol. The summed E-state index contributed by atoms with van der Waals surface area (Å²) in [6.07, 6.45) is 1.46. The molecule has 0 spiro atoms. The molecule has 2 rings (SSSR count). The van der Waals surface area contributed by atoms with Gasteiger partial charge in [-0.25, -0.2) is 0 Å². The second-order valence-electron chi connectivity index (χ2n) is 5.94. The third kappa shape index (κ3) is 6.65. The summed E-state index contributed by atoms with van der Waals surface area (Å²) < 4.78 is 10.7. The SMILES string of the molecule is CCOC(=O)C(CNC(=O)[C@@H]1CC[C@H](CN)O1)Cc1ccccc1.Cl. The molecule has 1 heterocycles. The number of carbonyl (C=O) groups excluding carboxylic acids is 2. The first kappa shape index (κ1) is 21.4. The molecule has 0 radical (unpaired) electrons. The molecule has 1 saturated heterocycles. The summed E-state index contributed by atoms with van der Waals surface area (Å²) in [5.74, 6) is -0.898. The molecule has 140 valence electrons. The third-order valence-electron chi connectivity index (χ3n) is 4.13. The lowest BCUT2D eigenvalue weighted by Gasteiger charge is -2.18. The van der Waals surface area contributed by atoms with E-state index in [0.29, 0.717) is 26.0 Å². The highest BCUT2D eigenvalue weighted by Gasteiger charge is 2.30. The lowest BCUT2D eigenvalue weighted by Crippen LogP contribution is -2.40. The standard InChI is InChI=1S/C18H26N2O4.ClH/c1-2-23-18(22)14(10-13-6-4-3-5-7-13)12-20-17(21)16-9-8-15(11-19)24-16;/h3-7,14-16H,2,8-12,19H2,1H3,(H,20,21);1H/t14?,15-,16+;/m1./s1. The van der Waals surface area contributed by atoms with Crippen molar-refractivity contribution in [3.8, 4) is 0 Å². The Hall–Kier alpha value is -1.63. The van der Waals surface area contributed by atoms with E-state index in [-0.39, 0.29) is 36.9 Å². The van der Waals surface area contributed by atoms with E-state index in [9.17, 15) is 9.59 Å². The maximum Gasteiger partial charge on any atom is 0.311 e. The normalized spacial score (nSPS) is 20.4. The number of esters is 1. The Kier molecular flexibility index (Phi) is 9.49. The van der Waals surface area contributed by atoms with Gasteiger partial charge in [0.25, 0.3) is 0 Å². The fourth-order valence-electron chi connectivity index (χ4n) is 2.81. The number of amides is 1. The Balaban J connectivity index is 0.00000312. The van der Waals surface area contributed by atoms with E-state index < -0.39 is 12.0 Å². The molecule has 0 saturated carbocycles. The van der Waals surface area contributed by atoms with Crippen molar-refractivity contribution in [2.24, 2.45) is 11.7 Å². The van der Waals surface area contributed by atoms with Crippen LogP contribution in [0.1, 0.15) is 25.3 Å². The molecule has 0 aromatic heterocycles. The van der Waals surface area contributed by atoms with Crippen LogP contribution in [0.25, 0.3) is 0 Å². The third-order valence-corrected chi connectivity index (χ3v) is 4.13. The van der Waals surface area contributed by atoms with Crippen molar-refractivity contribution in [3.05, 3.63) is 35.9 Å². The molecule has 1 aromatic rings. The van der Waals surface area contributed by atoms with Crippen molar-refractivity contribution in [2.45, 2.75) is 38.4 Å². The number of rotatable bonds is 8. The van der Waals surface area contributed by atoms with Crippen molar-refractivity contribution in [3.63, 3.8) is 0 Å². The van der Waals surface area contributed by atoms with Crippen molar-refractivity contribution < 1.29 is 19.1 Å². The first-order valence-corrected chi connectivity index (χ1v) is 8.47. The zero-order chi connectivity index (χ0) is 17.4. The number of nitrogens with two attached hydrogens (primary N) is 1. The molecule has 1 fully saturated rings. The first-order valence-electron chi connectivity index (χ1n) is 8.47. The van der Waals surface area contributed by atoms with Gasteiger partial charge in [0.2, 0.25) is 5.91 Å². The Morgan fingerprint density at radius 1 is 1.32 bits per heavy atom. The van der Waals surface area contributed by atoms with E-state index in [4.69, 9.17) is 15.2 Å². The molecular weight excluding hydrogens is 344 g/mol. The van der Waals surface area contributed by atoms with Gasteiger partial charge in [0.05, 0.1) is 18.6 Å². The van der Waals surface area contributed by atoms with Crippen molar-refractivity contribution >= 4 is 24.3 Å². The molecule has 3 N–H and O–H groups in total. The summed E-state index contributed by atoms with van der Waals surface area (Å²) in [6, 6.07) is 9.70. The summed E-state index contributed by atoms with van der Waals surface area (Å²) in [5, 5.41) is 2.82. The maximum atomic E-state index is 12.2. The van der Waals surface area contributed by atoms with E-state index in [1.165, 1.54) is 0 Å². The second-order valence-corrected chi connectivity index (χ2v) is 5.94. The Morgan fingerprint density at radius 2 is 2.04 bits per heavy atom. The molecule has 1 aliphatic heterocycles. The highest BCUT2D eigenvalue weighted by molar-refractivity contribution is 5.85. The van der Waals surface area contributed by atoms with Gasteiger partial charge >= 0.3 is 5.97 Å². The molecule has 0 bridgehead atoms. The topological polar surface area (TPSA) is 90.7 Å². The molecule has 1 unspecified atom stereocenters.